The van der Waals surface area contributed by atoms with E-state index in [0.29, 0.717) is 6.54 Å². The minimum Gasteiger partial charge on any atom is -0.481 e. The molecule has 22 heavy (non-hydrogen) atoms. The standard InChI is InChI=1S/C16H16N2O4/c1-9(10-3-2-6-17-7-10)18-8-16-5-4-11(22-16)12(15(20)21)13(16)14(18)19/h2-7,9,11-13H,8H2,1H3,(H,20,21)/t9-,11-,12+,13+,16-/m1/s1. The molecule has 114 valence electrons. The van der Waals surface area contributed by atoms with E-state index in [1.807, 2.05) is 25.1 Å². The summed E-state index contributed by atoms with van der Waals surface area (Å²) in [5.41, 5.74) is 0.152. The van der Waals surface area contributed by atoms with Crippen LogP contribution in [0.2, 0.25) is 0 Å². The Bertz CT molecular complexity index is 674. The van der Waals surface area contributed by atoms with Crippen LogP contribution in [0, 0.1) is 11.8 Å². The lowest BCUT2D eigenvalue weighted by atomic mass is 9.77. The topological polar surface area (TPSA) is 79.7 Å². The number of hydrogen-bond donors (Lipinski definition) is 1. The molecule has 4 heterocycles. The van der Waals surface area contributed by atoms with Gasteiger partial charge in [0.15, 0.2) is 0 Å². The lowest BCUT2D eigenvalue weighted by molar-refractivity contribution is -0.148. The van der Waals surface area contributed by atoms with Crippen molar-refractivity contribution in [1.29, 1.82) is 0 Å². The summed E-state index contributed by atoms with van der Waals surface area (Å²) in [4.78, 5) is 30.2. The number of rotatable bonds is 3. The molecule has 5 atom stereocenters. The van der Waals surface area contributed by atoms with Gasteiger partial charge in [0.2, 0.25) is 5.91 Å². The smallest absolute Gasteiger partial charge is 0.310 e. The van der Waals surface area contributed by atoms with Crippen molar-refractivity contribution < 1.29 is 19.4 Å². The van der Waals surface area contributed by atoms with E-state index in [0.717, 1.165) is 5.56 Å². The Balaban J connectivity index is 1.68. The van der Waals surface area contributed by atoms with Crippen molar-refractivity contribution in [1.82, 2.24) is 9.88 Å². The van der Waals surface area contributed by atoms with Gasteiger partial charge in [-0.1, -0.05) is 18.2 Å². The monoisotopic (exact) mass is 300 g/mol. The highest BCUT2D eigenvalue weighted by Gasteiger charge is 2.67. The van der Waals surface area contributed by atoms with Crippen molar-refractivity contribution in [2.24, 2.45) is 11.8 Å². The number of nitrogens with zero attached hydrogens (tertiary/aromatic N) is 2. The van der Waals surface area contributed by atoms with Crippen LogP contribution in [0.3, 0.4) is 0 Å². The molecule has 2 fully saturated rings. The zero-order chi connectivity index (χ0) is 15.5. The Morgan fingerprint density at radius 2 is 2.41 bits per heavy atom. The average Bonchev–Trinajstić information content (AvgIpc) is 3.15. The first-order valence-electron chi connectivity index (χ1n) is 7.34. The van der Waals surface area contributed by atoms with Gasteiger partial charge in [-0.2, -0.15) is 0 Å². The van der Waals surface area contributed by atoms with Gasteiger partial charge in [0, 0.05) is 12.4 Å². The molecule has 1 N–H and O–H groups in total. The number of amides is 1. The average molecular weight is 300 g/mol. The molecule has 2 saturated heterocycles. The van der Waals surface area contributed by atoms with Crippen LogP contribution in [-0.4, -0.2) is 45.1 Å². The Hall–Kier alpha value is -2.21. The maximum Gasteiger partial charge on any atom is 0.310 e. The van der Waals surface area contributed by atoms with Gasteiger partial charge in [0.05, 0.1) is 24.6 Å². The molecule has 2 bridgehead atoms. The Morgan fingerprint density at radius 3 is 3.09 bits per heavy atom. The predicted octanol–water partition coefficient (Wildman–Crippen LogP) is 1.01. The summed E-state index contributed by atoms with van der Waals surface area (Å²) in [6.07, 6.45) is 6.58. The number of ether oxygens (including phenoxy) is 1. The van der Waals surface area contributed by atoms with Crippen LogP contribution in [0.15, 0.2) is 36.7 Å². The highest BCUT2D eigenvalue weighted by Crippen LogP contribution is 2.53. The zero-order valence-electron chi connectivity index (χ0n) is 12.0. The summed E-state index contributed by atoms with van der Waals surface area (Å²) in [7, 11) is 0. The third kappa shape index (κ3) is 1.61. The molecule has 3 aliphatic rings. The minimum absolute atomic E-state index is 0.143. The normalized spacial score (nSPS) is 36.7. The second-order valence-corrected chi connectivity index (χ2v) is 6.17. The first-order valence-corrected chi connectivity index (χ1v) is 7.34. The van der Waals surface area contributed by atoms with Crippen molar-refractivity contribution >= 4 is 11.9 Å². The summed E-state index contributed by atoms with van der Waals surface area (Å²) >= 11 is 0. The lowest BCUT2D eigenvalue weighted by Crippen LogP contribution is -2.39. The van der Waals surface area contributed by atoms with E-state index in [4.69, 9.17) is 4.74 Å². The number of carbonyl (C=O) groups is 2. The molecule has 0 aromatic carbocycles. The third-order valence-electron chi connectivity index (χ3n) is 5.05. The summed E-state index contributed by atoms with van der Waals surface area (Å²) in [6.45, 7) is 2.32. The lowest BCUT2D eigenvalue weighted by Gasteiger charge is -2.27. The maximum atomic E-state index is 12.8. The Morgan fingerprint density at radius 1 is 1.59 bits per heavy atom. The zero-order valence-corrected chi connectivity index (χ0v) is 12.0. The summed E-state index contributed by atoms with van der Waals surface area (Å²) in [5.74, 6) is -2.52. The molecule has 1 aromatic heterocycles. The Labute approximate surface area is 127 Å². The van der Waals surface area contributed by atoms with E-state index >= 15 is 0 Å². The molecule has 3 aliphatic heterocycles. The first kappa shape index (κ1) is 13.5. The van der Waals surface area contributed by atoms with Gasteiger partial charge >= 0.3 is 5.97 Å². The number of fused-ring (bicyclic) bond motifs is 1. The van der Waals surface area contributed by atoms with Gasteiger partial charge in [-0.25, -0.2) is 0 Å². The highest BCUT2D eigenvalue weighted by molar-refractivity contribution is 5.91. The Kier molecular flexibility index (Phi) is 2.69. The molecule has 0 aliphatic carbocycles. The van der Waals surface area contributed by atoms with Crippen LogP contribution < -0.4 is 0 Å². The number of aliphatic carboxylic acids is 1. The first-order chi connectivity index (χ1) is 10.5. The minimum atomic E-state index is -0.967. The van der Waals surface area contributed by atoms with E-state index in [1.54, 1.807) is 23.4 Å². The largest absolute Gasteiger partial charge is 0.481 e. The molecule has 0 unspecified atom stereocenters. The maximum absolute atomic E-state index is 12.8. The van der Waals surface area contributed by atoms with E-state index < -0.39 is 29.5 Å². The van der Waals surface area contributed by atoms with Crippen LogP contribution in [-0.2, 0) is 14.3 Å². The van der Waals surface area contributed by atoms with Crippen LogP contribution in [0.5, 0.6) is 0 Å². The number of likely N-dealkylation sites (tertiary alicyclic amines) is 1. The SMILES string of the molecule is C[C@H](c1cccnc1)N1C[C@@]23C=C[C@@H](O2)[C@H](C(=O)O)[C@H]3C1=O. The van der Waals surface area contributed by atoms with Crippen molar-refractivity contribution in [3.8, 4) is 0 Å². The molecular formula is C16H16N2O4. The van der Waals surface area contributed by atoms with Crippen LogP contribution >= 0.6 is 0 Å². The van der Waals surface area contributed by atoms with E-state index in [1.165, 1.54) is 0 Å². The van der Waals surface area contributed by atoms with Gasteiger partial charge < -0.3 is 14.7 Å². The quantitative estimate of drug-likeness (QED) is 0.843. The fraction of sp³-hybridized carbons (Fsp3) is 0.438. The second kappa shape index (κ2) is 4.39. The summed E-state index contributed by atoms with van der Waals surface area (Å²) in [5, 5.41) is 9.44. The molecule has 0 radical (unpaired) electrons. The summed E-state index contributed by atoms with van der Waals surface area (Å²) < 4.78 is 5.87. The van der Waals surface area contributed by atoms with Crippen LogP contribution in [0.4, 0.5) is 0 Å². The molecule has 6 heteroatoms. The molecule has 1 spiro atoms. The van der Waals surface area contributed by atoms with Gasteiger partial charge in [-0.05, 0) is 18.6 Å². The molecular weight excluding hydrogens is 284 g/mol. The predicted molar refractivity (Wildman–Crippen MR) is 75.7 cm³/mol. The number of carbonyl (C=O) groups excluding carboxylic acids is 1. The van der Waals surface area contributed by atoms with Gasteiger partial charge in [0.1, 0.15) is 11.5 Å². The summed E-state index contributed by atoms with van der Waals surface area (Å²) in [6, 6.07) is 3.58. The van der Waals surface area contributed by atoms with Gasteiger partial charge in [-0.3, -0.25) is 14.6 Å². The second-order valence-electron chi connectivity index (χ2n) is 6.17. The third-order valence-corrected chi connectivity index (χ3v) is 5.05. The van der Waals surface area contributed by atoms with Gasteiger partial charge in [-0.15, -0.1) is 0 Å². The van der Waals surface area contributed by atoms with E-state index in [2.05, 4.69) is 4.98 Å². The van der Waals surface area contributed by atoms with E-state index in [9.17, 15) is 14.7 Å². The number of carboxylic acid groups (broad SMARTS) is 1. The molecule has 1 amide bonds. The van der Waals surface area contributed by atoms with Crippen molar-refractivity contribution in [2.75, 3.05) is 6.54 Å². The van der Waals surface area contributed by atoms with Crippen LogP contribution in [0.1, 0.15) is 18.5 Å². The van der Waals surface area contributed by atoms with E-state index in [-0.39, 0.29) is 11.9 Å². The fourth-order valence-electron chi connectivity index (χ4n) is 3.94. The molecule has 4 rings (SSSR count). The number of aromatic nitrogens is 1. The van der Waals surface area contributed by atoms with Crippen molar-refractivity contribution in [2.45, 2.75) is 24.7 Å². The molecule has 0 saturated carbocycles. The van der Waals surface area contributed by atoms with Gasteiger partial charge in [0.25, 0.3) is 0 Å². The van der Waals surface area contributed by atoms with Crippen LogP contribution in [0.25, 0.3) is 0 Å². The number of pyridine rings is 1. The number of hydrogen-bond acceptors (Lipinski definition) is 4. The highest BCUT2D eigenvalue weighted by atomic mass is 16.5. The molecule has 1 aromatic rings. The number of carboxylic acids is 1. The molecule has 6 nitrogen and oxygen atoms in total. The van der Waals surface area contributed by atoms with Crippen molar-refractivity contribution in [3.63, 3.8) is 0 Å². The van der Waals surface area contributed by atoms with Crippen molar-refractivity contribution in [3.05, 3.63) is 42.2 Å². The fourth-order valence-corrected chi connectivity index (χ4v) is 3.94.